The van der Waals surface area contributed by atoms with Crippen LogP contribution >= 0.6 is 0 Å². The Balaban J connectivity index is 1.53. The summed E-state index contributed by atoms with van der Waals surface area (Å²) in [6.07, 6.45) is 2.18. The van der Waals surface area contributed by atoms with Gasteiger partial charge in [0.15, 0.2) is 11.5 Å². The van der Waals surface area contributed by atoms with Crippen LogP contribution in [0.25, 0.3) is 0 Å². The fourth-order valence-corrected chi connectivity index (χ4v) is 4.41. The molecule has 0 saturated carbocycles. The summed E-state index contributed by atoms with van der Waals surface area (Å²) in [4.78, 5) is 17.6. The van der Waals surface area contributed by atoms with Crippen molar-refractivity contribution < 1.29 is 14.6 Å². The van der Waals surface area contributed by atoms with E-state index in [1.807, 2.05) is 11.0 Å². The maximum absolute atomic E-state index is 13.2. The second-order valence-electron chi connectivity index (χ2n) is 7.59. The highest BCUT2D eigenvalue weighted by Crippen LogP contribution is 2.34. The molecule has 2 bridgehead atoms. The van der Waals surface area contributed by atoms with Gasteiger partial charge in [0, 0.05) is 32.2 Å². The number of ether oxygens (including phenoxy) is 1. The van der Waals surface area contributed by atoms with Gasteiger partial charge in [-0.15, -0.1) is 0 Å². The van der Waals surface area contributed by atoms with Gasteiger partial charge in [-0.3, -0.25) is 9.69 Å². The second kappa shape index (κ2) is 7.61. The van der Waals surface area contributed by atoms with E-state index in [1.165, 1.54) is 12.7 Å². The number of rotatable bonds is 4. The van der Waals surface area contributed by atoms with E-state index < -0.39 is 0 Å². The van der Waals surface area contributed by atoms with Crippen molar-refractivity contribution >= 4 is 5.91 Å². The molecule has 0 radical (unpaired) electrons. The quantitative estimate of drug-likeness (QED) is 0.903. The average Bonchev–Trinajstić information content (AvgIpc) is 2.99. The maximum Gasteiger partial charge on any atom is 0.258 e. The molecule has 2 atom stereocenters. The SMILES string of the molecule is COc1cccc(C(=O)N2CC3CCC2CN(Cc2ccccc2)C3)c1O. The minimum Gasteiger partial charge on any atom is -0.504 e. The molecule has 5 nitrogen and oxygen atoms in total. The molecule has 142 valence electrons. The van der Waals surface area contributed by atoms with E-state index >= 15 is 0 Å². The Morgan fingerprint density at radius 2 is 1.89 bits per heavy atom. The maximum atomic E-state index is 13.2. The normalized spacial score (nSPS) is 22.5. The molecule has 0 spiro atoms. The largest absolute Gasteiger partial charge is 0.504 e. The van der Waals surface area contributed by atoms with Crippen LogP contribution in [0.4, 0.5) is 0 Å². The molecule has 2 aromatic rings. The summed E-state index contributed by atoms with van der Waals surface area (Å²) in [5, 5.41) is 10.4. The zero-order valence-corrected chi connectivity index (χ0v) is 15.7. The number of phenols is 1. The van der Waals surface area contributed by atoms with Crippen molar-refractivity contribution in [1.29, 1.82) is 0 Å². The van der Waals surface area contributed by atoms with Crippen molar-refractivity contribution in [2.75, 3.05) is 26.7 Å². The Morgan fingerprint density at radius 1 is 1.07 bits per heavy atom. The first-order valence-electron chi connectivity index (χ1n) is 9.59. The molecule has 3 heterocycles. The predicted octanol–water partition coefficient (Wildman–Crippen LogP) is 3.14. The number of piperidine rings is 1. The first kappa shape index (κ1) is 17.9. The fraction of sp³-hybridized carbons (Fsp3) is 0.409. The lowest BCUT2D eigenvalue weighted by molar-refractivity contribution is 0.0581. The van der Waals surface area contributed by atoms with Crippen LogP contribution in [-0.4, -0.2) is 53.6 Å². The highest BCUT2D eigenvalue weighted by atomic mass is 16.5. The third-order valence-electron chi connectivity index (χ3n) is 5.75. The molecule has 2 aromatic carbocycles. The highest BCUT2D eigenvalue weighted by Gasteiger charge is 2.38. The van der Waals surface area contributed by atoms with Crippen LogP contribution in [0.1, 0.15) is 28.8 Å². The molecule has 0 aliphatic carbocycles. The van der Waals surface area contributed by atoms with Crippen LogP contribution in [0.2, 0.25) is 0 Å². The summed E-state index contributed by atoms with van der Waals surface area (Å²) < 4.78 is 5.16. The summed E-state index contributed by atoms with van der Waals surface area (Å²) >= 11 is 0. The third kappa shape index (κ3) is 3.65. The van der Waals surface area contributed by atoms with E-state index in [-0.39, 0.29) is 17.7 Å². The molecule has 27 heavy (non-hydrogen) atoms. The van der Waals surface area contributed by atoms with Gasteiger partial charge in [-0.25, -0.2) is 0 Å². The van der Waals surface area contributed by atoms with Gasteiger partial charge in [-0.05, 0) is 36.5 Å². The third-order valence-corrected chi connectivity index (χ3v) is 5.75. The summed E-state index contributed by atoms with van der Waals surface area (Å²) in [5.74, 6) is 0.657. The number of hydrogen-bond donors (Lipinski definition) is 1. The minimum absolute atomic E-state index is 0.0636. The lowest BCUT2D eigenvalue weighted by Crippen LogP contribution is -2.47. The van der Waals surface area contributed by atoms with Crippen LogP contribution in [0.15, 0.2) is 48.5 Å². The van der Waals surface area contributed by atoms with E-state index in [4.69, 9.17) is 4.74 Å². The Kier molecular flexibility index (Phi) is 5.03. The number of fused-ring (bicyclic) bond motifs is 4. The van der Waals surface area contributed by atoms with Crippen LogP contribution in [0.3, 0.4) is 0 Å². The van der Waals surface area contributed by atoms with Gasteiger partial charge >= 0.3 is 0 Å². The summed E-state index contributed by atoms with van der Waals surface area (Å²) in [6.45, 7) is 3.56. The van der Waals surface area contributed by atoms with Gasteiger partial charge in [0.05, 0.1) is 12.7 Å². The molecular weight excluding hydrogens is 340 g/mol. The van der Waals surface area contributed by atoms with E-state index in [2.05, 4.69) is 29.2 Å². The number of aromatic hydroxyl groups is 1. The predicted molar refractivity (Wildman–Crippen MR) is 104 cm³/mol. The molecular formula is C22H26N2O3. The molecule has 3 aliphatic heterocycles. The lowest BCUT2D eigenvalue weighted by Gasteiger charge is -2.36. The van der Waals surface area contributed by atoms with Gasteiger partial charge in [0.25, 0.3) is 5.91 Å². The zero-order chi connectivity index (χ0) is 18.8. The Hall–Kier alpha value is -2.53. The van der Waals surface area contributed by atoms with E-state index in [9.17, 15) is 9.90 Å². The number of methoxy groups -OCH3 is 1. The van der Waals surface area contributed by atoms with Crippen molar-refractivity contribution in [3.8, 4) is 11.5 Å². The number of nitrogens with zero attached hydrogens (tertiary/aromatic N) is 2. The van der Waals surface area contributed by atoms with Crippen LogP contribution in [0, 0.1) is 5.92 Å². The molecule has 3 saturated heterocycles. The molecule has 2 unspecified atom stereocenters. The van der Waals surface area contributed by atoms with Crippen molar-refractivity contribution in [3.05, 3.63) is 59.7 Å². The molecule has 3 fully saturated rings. The van der Waals surface area contributed by atoms with Crippen LogP contribution in [-0.2, 0) is 6.54 Å². The number of hydrogen-bond acceptors (Lipinski definition) is 4. The van der Waals surface area contributed by atoms with Crippen molar-refractivity contribution in [3.63, 3.8) is 0 Å². The van der Waals surface area contributed by atoms with Gasteiger partial charge in [-0.1, -0.05) is 36.4 Å². The smallest absolute Gasteiger partial charge is 0.258 e. The summed E-state index contributed by atoms with van der Waals surface area (Å²) in [5.41, 5.74) is 1.64. The number of para-hydroxylation sites is 1. The first-order chi connectivity index (χ1) is 13.2. The van der Waals surface area contributed by atoms with Gasteiger partial charge in [0.2, 0.25) is 0 Å². The average molecular weight is 366 g/mol. The highest BCUT2D eigenvalue weighted by molar-refractivity contribution is 5.98. The van der Waals surface area contributed by atoms with Gasteiger partial charge in [-0.2, -0.15) is 0 Å². The minimum atomic E-state index is -0.0948. The van der Waals surface area contributed by atoms with Gasteiger partial charge in [0.1, 0.15) is 0 Å². The Bertz CT molecular complexity index is 808. The fourth-order valence-electron chi connectivity index (χ4n) is 4.41. The second-order valence-corrected chi connectivity index (χ2v) is 7.59. The van der Waals surface area contributed by atoms with Crippen molar-refractivity contribution in [2.45, 2.75) is 25.4 Å². The number of carbonyl (C=O) groups excluding carboxylic acids is 1. The molecule has 5 heteroatoms. The van der Waals surface area contributed by atoms with Crippen LogP contribution in [0.5, 0.6) is 11.5 Å². The van der Waals surface area contributed by atoms with E-state index in [0.717, 1.165) is 39.0 Å². The molecule has 3 aliphatic rings. The molecule has 1 amide bonds. The van der Waals surface area contributed by atoms with Crippen molar-refractivity contribution in [1.82, 2.24) is 9.80 Å². The Labute approximate surface area is 160 Å². The first-order valence-corrected chi connectivity index (χ1v) is 9.59. The van der Waals surface area contributed by atoms with E-state index in [0.29, 0.717) is 17.2 Å². The van der Waals surface area contributed by atoms with E-state index in [1.54, 1.807) is 18.2 Å². The standard InChI is InChI=1S/C22H26N2O3/c1-27-20-9-5-8-19(21(20)25)22(26)24-14-17-10-11-18(24)15-23(13-17)12-16-6-3-2-4-7-16/h2-9,17-18,25H,10-15H2,1H3. The lowest BCUT2D eigenvalue weighted by atomic mass is 9.94. The monoisotopic (exact) mass is 366 g/mol. The Morgan fingerprint density at radius 3 is 2.67 bits per heavy atom. The zero-order valence-electron chi connectivity index (χ0n) is 15.7. The molecule has 1 N–H and O–H groups in total. The van der Waals surface area contributed by atoms with Crippen molar-refractivity contribution in [2.24, 2.45) is 5.92 Å². The number of carbonyl (C=O) groups is 1. The number of phenolic OH excluding ortho intramolecular Hbond substituents is 1. The molecule has 5 rings (SSSR count). The van der Waals surface area contributed by atoms with Crippen LogP contribution < -0.4 is 4.74 Å². The summed E-state index contributed by atoms with van der Waals surface area (Å²) in [7, 11) is 1.50. The topological polar surface area (TPSA) is 53.0 Å². The summed E-state index contributed by atoms with van der Waals surface area (Å²) in [6, 6.07) is 15.8. The van der Waals surface area contributed by atoms with Gasteiger partial charge < -0.3 is 14.7 Å². The molecule has 0 aromatic heterocycles. The number of benzene rings is 2. The number of amides is 1.